The standard InChI is InChI=1S/C10H19N3O/c1-3-11-10(14)12-8-9-4-6-13(2)7-5-9/h4H,3,5-8H2,1-2H3,(H2,11,12,14). The molecule has 80 valence electrons. The number of urea groups is 1. The third-order valence-corrected chi connectivity index (χ3v) is 2.32. The molecule has 0 unspecified atom stereocenters. The summed E-state index contributed by atoms with van der Waals surface area (Å²) in [5, 5.41) is 5.54. The van der Waals surface area contributed by atoms with Gasteiger partial charge in [-0.05, 0) is 20.4 Å². The minimum absolute atomic E-state index is 0.0765. The van der Waals surface area contributed by atoms with Crippen LogP contribution >= 0.6 is 0 Å². The molecule has 1 aliphatic heterocycles. The Labute approximate surface area is 85.3 Å². The van der Waals surface area contributed by atoms with Crippen molar-refractivity contribution in [1.82, 2.24) is 15.5 Å². The molecule has 2 N–H and O–H groups in total. The van der Waals surface area contributed by atoms with Crippen LogP contribution in [0.2, 0.25) is 0 Å². The number of rotatable bonds is 3. The van der Waals surface area contributed by atoms with Crippen molar-refractivity contribution in [2.24, 2.45) is 0 Å². The summed E-state index contributed by atoms with van der Waals surface area (Å²) in [5.41, 5.74) is 1.33. The van der Waals surface area contributed by atoms with Crippen LogP contribution in [-0.2, 0) is 0 Å². The minimum Gasteiger partial charge on any atom is -0.338 e. The Kier molecular flexibility index (Phi) is 4.46. The van der Waals surface area contributed by atoms with Gasteiger partial charge >= 0.3 is 6.03 Å². The van der Waals surface area contributed by atoms with Gasteiger partial charge in [0.15, 0.2) is 0 Å². The van der Waals surface area contributed by atoms with E-state index in [0.717, 1.165) is 19.5 Å². The molecular formula is C10H19N3O. The van der Waals surface area contributed by atoms with E-state index < -0.39 is 0 Å². The molecule has 4 heteroatoms. The predicted molar refractivity (Wildman–Crippen MR) is 57.3 cm³/mol. The number of carbonyl (C=O) groups is 1. The van der Waals surface area contributed by atoms with E-state index in [4.69, 9.17) is 0 Å². The maximum atomic E-state index is 11.1. The van der Waals surface area contributed by atoms with Gasteiger partial charge < -0.3 is 15.5 Å². The lowest BCUT2D eigenvalue weighted by Crippen LogP contribution is -2.37. The lowest BCUT2D eigenvalue weighted by Gasteiger charge is -2.22. The fraction of sp³-hybridized carbons (Fsp3) is 0.700. The van der Waals surface area contributed by atoms with Crippen molar-refractivity contribution < 1.29 is 4.79 Å². The molecule has 2 amide bonds. The average Bonchev–Trinajstić information content (AvgIpc) is 2.17. The van der Waals surface area contributed by atoms with Gasteiger partial charge in [-0.2, -0.15) is 0 Å². The number of likely N-dealkylation sites (N-methyl/N-ethyl adjacent to an activating group) is 1. The van der Waals surface area contributed by atoms with Crippen LogP contribution in [0.4, 0.5) is 4.79 Å². The number of hydrogen-bond donors (Lipinski definition) is 2. The van der Waals surface area contributed by atoms with Crippen molar-refractivity contribution in [3.63, 3.8) is 0 Å². The van der Waals surface area contributed by atoms with Gasteiger partial charge in [0, 0.05) is 26.2 Å². The molecule has 0 spiro atoms. The summed E-state index contributed by atoms with van der Waals surface area (Å²) in [6.45, 7) is 5.34. The summed E-state index contributed by atoms with van der Waals surface area (Å²) < 4.78 is 0. The van der Waals surface area contributed by atoms with Crippen LogP contribution in [0, 0.1) is 0 Å². The van der Waals surface area contributed by atoms with Gasteiger partial charge in [0.25, 0.3) is 0 Å². The second-order valence-corrected chi connectivity index (χ2v) is 3.59. The molecule has 1 aliphatic rings. The Morgan fingerprint density at radius 2 is 2.36 bits per heavy atom. The summed E-state index contributed by atoms with van der Waals surface area (Å²) in [6.07, 6.45) is 3.25. The molecule has 1 rings (SSSR count). The van der Waals surface area contributed by atoms with Crippen molar-refractivity contribution in [1.29, 1.82) is 0 Å². The topological polar surface area (TPSA) is 44.4 Å². The monoisotopic (exact) mass is 197 g/mol. The fourth-order valence-corrected chi connectivity index (χ4v) is 1.39. The van der Waals surface area contributed by atoms with Crippen molar-refractivity contribution >= 4 is 6.03 Å². The van der Waals surface area contributed by atoms with E-state index in [0.29, 0.717) is 13.1 Å². The summed E-state index contributed by atoms with van der Waals surface area (Å²) >= 11 is 0. The minimum atomic E-state index is -0.0765. The highest BCUT2D eigenvalue weighted by atomic mass is 16.2. The highest BCUT2D eigenvalue weighted by Gasteiger charge is 2.07. The van der Waals surface area contributed by atoms with E-state index in [1.807, 2.05) is 6.92 Å². The van der Waals surface area contributed by atoms with Crippen molar-refractivity contribution in [2.75, 3.05) is 33.2 Å². The quantitative estimate of drug-likeness (QED) is 0.650. The molecule has 0 aromatic rings. The Hall–Kier alpha value is -1.03. The Bertz CT molecular complexity index is 225. The second-order valence-electron chi connectivity index (χ2n) is 3.59. The lowest BCUT2D eigenvalue weighted by molar-refractivity contribution is 0.242. The SMILES string of the molecule is CCNC(=O)NCC1=CCN(C)CC1. The molecule has 14 heavy (non-hydrogen) atoms. The second kappa shape index (κ2) is 5.65. The zero-order valence-electron chi connectivity index (χ0n) is 8.97. The van der Waals surface area contributed by atoms with Crippen LogP contribution in [0.3, 0.4) is 0 Å². The molecule has 0 aromatic carbocycles. The van der Waals surface area contributed by atoms with Crippen LogP contribution in [0.1, 0.15) is 13.3 Å². The summed E-state index contributed by atoms with van der Waals surface area (Å²) in [5.74, 6) is 0. The molecule has 0 radical (unpaired) electrons. The molecule has 0 atom stereocenters. The smallest absolute Gasteiger partial charge is 0.315 e. The van der Waals surface area contributed by atoms with Crippen molar-refractivity contribution in [2.45, 2.75) is 13.3 Å². The Morgan fingerprint density at radius 3 is 2.93 bits per heavy atom. The molecule has 0 aliphatic carbocycles. The molecule has 1 heterocycles. The van der Waals surface area contributed by atoms with Crippen molar-refractivity contribution in [3.8, 4) is 0 Å². The predicted octanol–water partition coefficient (Wildman–Crippen LogP) is 0.567. The van der Waals surface area contributed by atoms with E-state index in [-0.39, 0.29) is 6.03 Å². The third kappa shape index (κ3) is 3.79. The zero-order valence-corrected chi connectivity index (χ0v) is 8.97. The molecule has 0 aromatic heterocycles. The van der Waals surface area contributed by atoms with E-state index >= 15 is 0 Å². The molecule has 0 saturated heterocycles. The van der Waals surface area contributed by atoms with Crippen molar-refractivity contribution in [3.05, 3.63) is 11.6 Å². The highest BCUT2D eigenvalue weighted by Crippen LogP contribution is 2.07. The number of carbonyl (C=O) groups excluding carboxylic acids is 1. The first kappa shape index (κ1) is 11.0. The van der Waals surface area contributed by atoms with Gasteiger partial charge in [-0.25, -0.2) is 4.79 Å². The van der Waals surface area contributed by atoms with Gasteiger partial charge in [-0.3, -0.25) is 0 Å². The Balaban J connectivity index is 2.21. The molecule has 0 bridgehead atoms. The first-order chi connectivity index (χ1) is 6.72. The summed E-state index contributed by atoms with van der Waals surface area (Å²) in [4.78, 5) is 13.3. The molecule has 0 saturated carbocycles. The van der Waals surface area contributed by atoms with E-state index in [1.165, 1.54) is 5.57 Å². The number of nitrogens with one attached hydrogen (secondary N) is 2. The number of nitrogens with zero attached hydrogens (tertiary/aromatic N) is 1. The lowest BCUT2D eigenvalue weighted by atomic mass is 10.1. The summed E-state index contributed by atoms with van der Waals surface area (Å²) in [6, 6.07) is -0.0765. The van der Waals surface area contributed by atoms with Crippen LogP contribution in [-0.4, -0.2) is 44.2 Å². The van der Waals surface area contributed by atoms with Gasteiger partial charge in [0.05, 0.1) is 0 Å². The molecule has 4 nitrogen and oxygen atoms in total. The molecular weight excluding hydrogens is 178 g/mol. The first-order valence-electron chi connectivity index (χ1n) is 5.10. The fourth-order valence-electron chi connectivity index (χ4n) is 1.39. The van der Waals surface area contributed by atoms with Gasteiger partial charge in [0.2, 0.25) is 0 Å². The number of amides is 2. The van der Waals surface area contributed by atoms with E-state index in [9.17, 15) is 4.79 Å². The highest BCUT2D eigenvalue weighted by molar-refractivity contribution is 5.74. The van der Waals surface area contributed by atoms with Gasteiger partial charge in [-0.15, -0.1) is 0 Å². The van der Waals surface area contributed by atoms with Crippen LogP contribution in [0.25, 0.3) is 0 Å². The van der Waals surface area contributed by atoms with E-state index in [1.54, 1.807) is 0 Å². The largest absolute Gasteiger partial charge is 0.338 e. The normalized spacial score (nSPS) is 17.4. The number of hydrogen-bond acceptors (Lipinski definition) is 2. The van der Waals surface area contributed by atoms with Crippen LogP contribution < -0.4 is 10.6 Å². The average molecular weight is 197 g/mol. The van der Waals surface area contributed by atoms with E-state index in [2.05, 4.69) is 28.7 Å². The Morgan fingerprint density at radius 1 is 1.57 bits per heavy atom. The summed E-state index contributed by atoms with van der Waals surface area (Å²) in [7, 11) is 2.10. The maximum Gasteiger partial charge on any atom is 0.315 e. The van der Waals surface area contributed by atoms with Crippen LogP contribution in [0.15, 0.2) is 11.6 Å². The van der Waals surface area contributed by atoms with Crippen LogP contribution in [0.5, 0.6) is 0 Å². The first-order valence-corrected chi connectivity index (χ1v) is 5.10. The molecule has 0 fully saturated rings. The van der Waals surface area contributed by atoms with Gasteiger partial charge in [0.1, 0.15) is 0 Å². The zero-order chi connectivity index (χ0) is 10.4. The van der Waals surface area contributed by atoms with Gasteiger partial charge in [-0.1, -0.05) is 11.6 Å². The third-order valence-electron chi connectivity index (χ3n) is 2.32. The maximum absolute atomic E-state index is 11.1.